The highest BCUT2D eigenvalue weighted by molar-refractivity contribution is 7.99. The molecule has 1 aliphatic heterocycles. The Balaban J connectivity index is 2.40. The van der Waals surface area contributed by atoms with Crippen LogP contribution in [-0.4, -0.2) is 34.6 Å². The fraction of sp³-hybridized carbons (Fsp3) is 0.750. The van der Waals surface area contributed by atoms with E-state index < -0.39 is 0 Å². The number of nitrogens with one attached hydrogen (secondary N) is 2. The maximum Gasteiger partial charge on any atom is 0.333 e. The number of rotatable bonds is 2. The fourth-order valence-corrected chi connectivity index (χ4v) is 2.10. The Morgan fingerprint density at radius 1 is 1.71 bits per heavy atom. The molecule has 1 unspecified atom stereocenters. The molecule has 6 heteroatoms. The van der Waals surface area contributed by atoms with Crippen molar-refractivity contribution in [1.29, 1.82) is 5.26 Å². The smallest absolute Gasteiger partial charge is 0.298 e. The first-order valence-electron chi connectivity index (χ1n) is 4.44. The summed E-state index contributed by atoms with van der Waals surface area (Å²) in [5.41, 5.74) is 5.37. The third kappa shape index (κ3) is 2.79. The lowest BCUT2D eigenvalue weighted by atomic mass is 10.3. The Bertz CT molecular complexity index is 250. The van der Waals surface area contributed by atoms with E-state index in [-0.39, 0.29) is 18.1 Å². The molecule has 2 amide bonds. The van der Waals surface area contributed by atoms with Crippen LogP contribution in [0.15, 0.2) is 0 Å². The lowest BCUT2D eigenvalue weighted by molar-refractivity contribution is 0.197. The van der Waals surface area contributed by atoms with E-state index in [4.69, 9.17) is 5.26 Å². The lowest BCUT2D eigenvalue weighted by Gasteiger charge is -2.20. The Kier molecular flexibility index (Phi) is 4.04. The minimum Gasteiger partial charge on any atom is -0.298 e. The Hall–Kier alpha value is -0.930. The van der Waals surface area contributed by atoms with E-state index in [1.807, 2.05) is 13.8 Å². The third-order valence-corrected chi connectivity index (χ3v) is 2.77. The van der Waals surface area contributed by atoms with Crippen molar-refractivity contribution >= 4 is 17.8 Å². The van der Waals surface area contributed by atoms with Crippen molar-refractivity contribution in [3.8, 4) is 6.07 Å². The molecule has 1 aliphatic rings. The number of amides is 2. The van der Waals surface area contributed by atoms with Gasteiger partial charge >= 0.3 is 6.03 Å². The highest BCUT2D eigenvalue weighted by atomic mass is 32.2. The van der Waals surface area contributed by atoms with Crippen LogP contribution >= 0.6 is 11.8 Å². The maximum absolute atomic E-state index is 11.5. The average molecular weight is 214 g/mol. The molecule has 0 bridgehead atoms. The van der Waals surface area contributed by atoms with Gasteiger partial charge in [0.05, 0.1) is 11.9 Å². The van der Waals surface area contributed by atoms with Crippen LogP contribution in [0.3, 0.4) is 0 Å². The maximum atomic E-state index is 11.5. The Morgan fingerprint density at radius 3 is 3.00 bits per heavy atom. The molecular weight excluding hydrogens is 200 g/mol. The standard InChI is InChI=1S/C8H14N4OS/c1-6(2)10-11-8(13)12-5-14-4-7(12)3-9/h6-7,10H,4-5H2,1-2H3,(H,11,13). The summed E-state index contributed by atoms with van der Waals surface area (Å²) in [7, 11) is 0. The molecule has 78 valence electrons. The summed E-state index contributed by atoms with van der Waals surface area (Å²) in [6.07, 6.45) is 0. The lowest BCUT2D eigenvalue weighted by Crippen LogP contribution is -2.50. The zero-order valence-corrected chi connectivity index (χ0v) is 9.10. The highest BCUT2D eigenvalue weighted by Crippen LogP contribution is 2.19. The van der Waals surface area contributed by atoms with Crippen molar-refractivity contribution in [2.24, 2.45) is 0 Å². The van der Waals surface area contributed by atoms with Gasteiger partial charge in [-0.3, -0.25) is 10.3 Å². The van der Waals surface area contributed by atoms with Crippen LogP contribution < -0.4 is 10.9 Å². The van der Waals surface area contributed by atoms with Gasteiger partial charge in [0.1, 0.15) is 6.04 Å². The van der Waals surface area contributed by atoms with Gasteiger partial charge in [-0.15, -0.1) is 11.8 Å². The van der Waals surface area contributed by atoms with E-state index in [2.05, 4.69) is 16.9 Å². The second-order valence-corrected chi connectivity index (χ2v) is 4.34. The summed E-state index contributed by atoms with van der Waals surface area (Å²) in [4.78, 5) is 13.0. The van der Waals surface area contributed by atoms with Crippen LogP contribution in [0.5, 0.6) is 0 Å². The van der Waals surface area contributed by atoms with Gasteiger partial charge in [-0.25, -0.2) is 10.2 Å². The SMILES string of the molecule is CC(C)NNC(=O)N1CSCC1C#N. The average Bonchev–Trinajstić information content (AvgIpc) is 2.61. The van der Waals surface area contributed by atoms with E-state index in [1.54, 1.807) is 11.8 Å². The van der Waals surface area contributed by atoms with Gasteiger partial charge in [-0.1, -0.05) is 0 Å². The number of nitrogens with zero attached hydrogens (tertiary/aromatic N) is 2. The molecule has 0 aromatic carbocycles. The van der Waals surface area contributed by atoms with Gasteiger partial charge < -0.3 is 0 Å². The quantitative estimate of drug-likeness (QED) is 0.657. The number of hydrazine groups is 1. The van der Waals surface area contributed by atoms with Gasteiger partial charge in [0, 0.05) is 11.8 Å². The normalized spacial score (nSPS) is 21.0. The van der Waals surface area contributed by atoms with E-state index >= 15 is 0 Å². The summed E-state index contributed by atoms with van der Waals surface area (Å²) in [6.45, 7) is 3.86. The van der Waals surface area contributed by atoms with Crippen molar-refractivity contribution < 1.29 is 4.79 Å². The molecule has 0 aliphatic carbocycles. The second kappa shape index (κ2) is 5.08. The third-order valence-electron chi connectivity index (χ3n) is 1.76. The number of thioether (sulfide) groups is 1. The predicted molar refractivity (Wildman–Crippen MR) is 55.4 cm³/mol. The largest absolute Gasteiger partial charge is 0.333 e. The summed E-state index contributed by atoms with van der Waals surface area (Å²) in [6, 6.07) is 1.76. The molecule has 1 rings (SSSR count). The summed E-state index contributed by atoms with van der Waals surface area (Å²) < 4.78 is 0. The van der Waals surface area contributed by atoms with E-state index in [9.17, 15) is 4.79 Å². The fourth-order valence-electron chi connectivity index (χ4n) is 1.03. The molecule has 1 atom stereocenters. The Morgan fingerprint density at radius 2 is 2.43 bits per heavy atom. The molecule has 5 nitrogen and oxygen atoms in total. The zero-order chi connectivity index (χ0) is 10.6. The molecule has 0 saturated carbocycles. The van der Waals surface area contributed by atoms with Crippen LogP contribution in [-0.2, 0) is 0 Å². The molecule has 0 radical (unpaired) electrons. The molecule has 2 N–H and O–H groups in total. The van der Waals surface area contributed by atoms with Crippen LogP contribution in [0.4, 0.5) is 4.79 Å². The van der Waals surface area contributed by atoms with Gasteiger partial charge in [-0.2, -0.15) is 5.26 Å². The van der Waals surface area contributed by atoms with Crippen LogP contribution in [0, 0.1) is 11.3 Å². The molecule has 1 fully saturated rings. The number of nitriles is 1. The van der Waals surface area contributed by atoms with Gasteiger partial charge in [-0.05, 0) is 13.8 Å². The van der Waals surface area contributed by atoms with Crippen molar-refractivity contribution in [1.82, 2.24) is 15.8 Å². The molecule has 0 aromatic heterocycles. The zero-order valence-electron chi connectivity index (χ0n) is 8.28. The summed E-state index contributed by atoms with van der Waals surface area (Å²) in [5.74, 6) is 1.29. The first-order chi connectivity index (χ1) is 6.65. The van der Waals surface area contributed by atoms with Gasteiger partial charge in [0.2, 0.25) is 0 Å². The molecule has 0 spiro atoms. The summed E-state index contributed by atoms with van der Waals surface area (Å²) >= 11 is 1.59. The number of hydrogen-bond acceptors (Lipinski definition) is 4. The number of carbonyl (C=O) groups is 1. The van der Waals surface area contributed by atoms with Crippen LogP contribution in [0.2, 0.25) is 0 Å². The molecule has 14 heavy (non-hydrogen) atoms. The van der Waals surface area contributed by atoms with Crippen molar-refractivity contribution in [2.75, 3.05) is 11.6 Å². The first-order valence-corrected chi connectivity index (χ1v) is 5.60. The molecule has 0 aromatic rings. The predicted octanol–water partition coefficient (Wildman–Crippen LogP) is 0.507. The van der Waals surface area contributed by atoms with Gasteiger partial charge in [0.15, 0.2) is 0 Å². The Labute approximate surface area is 87.8 Å². The van der Waals surface area contributed by atoms with Crippen molar-refractivity contribution in [3.63, 3.8) is 0 Å². The van der Waals surface area contributed by atoms with Crippen molar-refractivity contribution in [2.45, 2.75) is 25.9 Å². The minimum absolute atomic E-state index is 0.190. The molecule has 1 heterocycles. The first kappa shape index (κ1) is 11.1. The molecular formula is C8H14N4OS. The highest BCUT2D eigenvalue weighted by Gasteiger charge is 2.28. The van der Waals surface area contributed by atoms with E-state index in [1.165, 1.54) is 4.90 Å². The van der Waals surface area contributed by atoms with Gasteiger partial charge in [0.25, 0.3) is 0 Å². The van der Waals surface area contributed by atoms with Crippen molar-refractivity contribution in [3.05, 3.63) is 0 Å². The number of hydrogen-bond donors (Lipinski definition) is 2. The minimum atomic E-state index is -0.297. The molecule has 1 saturated heterocycles. The van der Waals surface area contributed by atoms with E-state index in [0.717, 1.165) is 0 Å². The van der Waals surface area contributed by atoms with E-state index in [0.29, 0.717) is 11.6 Å². The summed E-state index contributed by atoms with van der Waals surface area (Å²) in [5, 5.41) is 8.76. The van der Waals surface area contributed by atoms with Crippen LogP contribution in [0.25, 0.3) is 0 Å². The number of urea groups is 1. The monoisotopic (exact) mass is 214 g/mol. The topological polar surface area (TPSA) is 68.2 Å². The second-order valence-electron chi connectivity index (χ2n) is 3.34. The van der Waals surface area contributed by atoms with Crippen LogP contribution in [0.1, 0.15) is 13.8 Å². The number of carbonyl (C=O) groups excluding carboxylic acids is 1.